The number of carbonyl (C=O) groups excluding carboxylic acids is 2. The van der Waals surface area contributed by atoms with Crippen LogP contribution >= 0.6 is 0 Å². The zero-order valence-corrected chi connectivity index (χ0v) is 12.9. The predicted molar refractivity (Wildman–Crippen MR) is 88.7 cm³/mol. The number of benzene rings is 2. The molecule has 1 heterocycles. The predicted octanol–water partition coefficient (Wildman–Crippen LogP) is 2.51. The molecule has 0 aliphatic carbocycles. The molecular weight excluding hydrogens is 288 g/mol. The number of likely N-dealkylation sites (tertiary alicyclic amines) is 1. The van der Waals surface area contributed by atoms with Gasteiger partial charge in [0.15, 0.2) is 0 Å². The highest BCUT2D eigenvalue weighted by Crippen LogP contribution is 2.22. The monoisotopic (exact) mass is 308 g/mol. The summed E-state index contributed by atoms with van der Waals surface area (Å²) in [6.45, 7) is 1.35. The maximum atomic E-state index is 12.4. The van der Waals surface area contributed by atoms with E-state index in [4.69, 9.17) is 0 Å². The standard InChI is InChI=1S/C19H20N2O2/c22-18(19(23)21-13-7-8-14-21)20-17(15-9-3-1-4-10-15)16-11-5-2-6-12-16/h1-6,9-12,17H,7-8,13-14H2,(H,20,22). The minimum Gasteiger partial charge on any atom is -0.337 e. The molecule has 0 atom stereocenters. The van der Waals surface area contributed by atoms with Gasteiger partial charge in [-0.25, -0.2) is 0 Å². The number of rotatable bonds is 3. The Morgan fingerprint density at radius 3 is 1.78 bits per heavy atom. The Labute approximate surface area is 136 Å². The summed E-state index contributed by atoms with van der Waals surface area (Å²) < 4.78 is 0. The first-order valence-corrected chi connectivity index (χ1v) is 7.95. The molecule has 0 bridgehead atoms. The summed E-state index contributed by atoms with van der Waals surface area (Å²) in [6.07, 6.45) is 1.94. The van der Waals surface area contributed by atoms with Crippen LogP contribution in [0.1, 0.15) is 30.0 Å². The molecule has 2 aromatic carbocycles. The Bertz CT molecular complexity index is 625. The van der Waals surface area contributed by atoms with Gasteiger partial charge < -0.3 is 10.2 Å². The van der Waals surface area contributed by atoms with Crippen LogP contribution in [0, 0.1) is 0 Å². The number of hydrogen-bond donors (Lipinski definition) is 1. The second-order valence-electron chi connectivity index (χ2n) is 5.73. The molecule has 2 aromatic rings. The first-order chi connectivity index (χ1) is 11.3. The van der Waals surface area contributed by atoms with Gasteiger partial charge in [-0.15, -0.1) is 0 Å². The Hall–Kier alpha value is -2.62. The molecule has 2 amide bonds. The van der Waals surface area contributed by atoms with Crippen molar-refractivity contribution in [1.29, 1.82) is 0 Å². The van der Waals surface area contributed by atoms with E-state index in [0.717, 1.165) is 24.0 Å². The molecule has 4 nitrogen and oxygen atoms in total. The Morgan fingerprint density at radius 1 is 0.826 bits per heavy atom. The Balaban J connectivity index is 1.81. The van der Waals surface area contributed by atoms with Crippen LogP contribution in [0.25, 0.3) is 0 Å². The van der Waals surface area contributed by atoms with Gasteiger partial charge in [-0.05, 0) is 24.0 Å². The van der Waals surface area contributed by atoms with E-state index in [0.29, 0.717) is 13.1 Å². The molecule has 118 valence electrons. The van der Waals surface area contributed by atoms with E-state index in [1.807, 2.05) is 60.7 Å². The van der Waals surface area contributed by atoms with E-state index < -0.39 is 11.8 Å². The minimum atomic E-state index is -0.537. The van der Waals surface area contributed by atoms with Gasteiger partial charge in [-0.2, -0.15) is 0 Å². The van der Waals surface area contributed by atoms with E-state index in [1.165, 1.54) is 0 Å². The maximum absolute atomic E-state index is 12.4. The first kappa shape index (κ1) is 15.3. The quantitative estimate of drug-likeness (QED) is 0.886. The summed E-state index contributed by atoms with van der Waals surface area (Å²) in [7, 11) is 0. The average molecular weight is 308 g/mol. The minimum absolute atomic E-state index is 0.323. The lowest BCUT2D eigenvalue weighted by molar-refractivity contribution is -0.145. The van der Waals surface area contributed by atoms with Crippen molar-refractivity contribution in [3.8, 4) is 0 Å². The molecule has 4 heteroatoms. The normalized spacial score (nSPS) is 14.0. The summed E-state index contributed by atoms with van der Waals surface area (Å²) in [5.41, 5.74) is 1.92. The summed E-state index contributed by atoms with van der Waals surface area (Å²) in [6, 6.07) is 19.1. The second-order valence-corrected chi connectivity index (χ2v) is 5.73. The lowest BCUT2D eigenvalue weighted by atomic mass is 9.98. The van der Waals surface area contributed by atoms with Crippen molar-refractivity contribution in [3.05, 3.63) is 71.8 Å². The van der Waals surface area contributed by atoms with Crippen LogP contribution in [-0.4, -0.2) is 29.8 Å². The smallest absolute Gasteiger partial charge is 0.311 e. The van der Waals surface area contributed by atoms with Gasteiger partial charge in [0, 0.05) is 13.1 Å². The summed E-state index contributed by atoms with van der Waals surface area (Å²) in [5, 5.41) is 2.90. The highest BCUT2D eigenvalue weighted by Gasteiger charge is 2.27. The Kier molecular flexibility index (Phi) is 4.71. The fourth-order valence-corrected chi connectivity index (χ4v) is 2.91. The number of nitrogens with one attached hydrogen (secondary N) is 1. The van der Waals surface area contributed by atoms with Crippen LogP contribution in [0.5, 0.6) is 0 Å². The fourth-order valence-electron chi connectivity index (χ4n) is 2.91. The van der Waals surface area contributed by atoms with Gasteiger partial charge >= 0.3 is 11.8 Å². The molecule has 0 spiro atoms. The summed E-state index contributed by atoms with van der Waals surface area (Å²) in [4.78, 5) is 26.3. The molecule has 3 rings (SSSR count). The topological polar surface area (TPSA) is 49.4 Å². The number of hydrogen-bond acceptors (Lipinski definition) is 2. The van der Waals surface area contributed by atoms with Gasteiger partial charge in [0.1, 0.15) is 0 Å². The van der Waals surface area contributed by atoms with Crippen molar-refractivity contribution in [2.45, 2.75) is 18.9 Å². The van der Waals surface area contributed by atoms with Crippen LogP contribution < -0.4 is 5.32 Å². The van der Waals surface area contributed by atoms with Crippen LogP contribution in [0.3, 0.4) is 0 Å². The van der Waals surface area contributed by atoms with Crippen LogP contribution in [0.4, 0.5) is 0 Å². The highest BCUT2D eigenvalue weighted by atomic mass is 16.2. The van der Waals surface area contributed by atoms with Crippen molar-refractivity contribution in [1.82, 2.24) is 10.2 Å². The SMILES string of the molecule is O=C(NC(c1ccccc1)c1ccccc1)C(=O)N1CCCC1. The highest BCUT2D eigenvalue weighted by molar-refractivity contribution is 6.35. The van der Waals surface area contributed by atoms with Crippen molar-refractivity contribution in [2.75, 3.05) is 13.1 Å². The number of carbonyl (C=O) groups is 2. The number of amides is 2. The second kappa shape index (κ2) is 7.09. The average Bonchev–Trinajstić information content (AvgIpc) is 3.15. The molecule has 0 saturated carbocycles. The van der Waals surface area contributed by atoms with Gasteiger partial charge in [-0.3, -0.25) is 9.59 Å². The fraction of sp³-hybridized carbons (Fsp3) is 0.263. The van der Waals surface area contributed by atoms with E-state index in [-0.39, 0.29) is 6.04 Å². The first-order valence-electron chi connectivity index (χ1n) is 7.95. The van der Waals surface area contributed by atoms with E-state index in [9.17, 15) is 9.59 Å². The molecule has 23 heavy (non-hydrogen) atoms. The van der Waals surface area contributed by atoms with Crippen molar-refractivity contribution < 1.29 is 9.59 Å². The molecule has 1 aliphatic rings. The zero-order valence-electron chi connectivity index (χ0n) is 12.9. The molecule has 0 aromatic heterocycles. The summed E-state index contributed by atoms with van der Waals surface area (Å²) >= 11 is 0. The third-order valence-electron chi connectivity index (χ3n) is 4.13. The zero-order chi connectivity index (χ0) is 16.1. The van der Waals surface area contributed by atoms with Crippen molar-refractivity contribution in [2.24, 2.45) is 0 Å². The molecule has 1 saturated heterocycles. The summed E-state index contributed by atoms with van der Waals surface area (Å²) in [5.74, 6) is -0.969. The van der Waals surface area contributed by atoms with E-state index >= 15 is 0 Å². The van der Waals surface area contributed by atoms with Gasteiger partial charge in [-0.1, -0.05) is 60.7 Å². The van der Waals surface area contributed by atoms with E-state index in [1.54, 1.807) is 4.90 Å². The molecule has 1 fully saturated rings. The van der Waals surface area contributed by atoms with Crippen LogP contribution in [-0.2, 0) is 9.59 Å². The molecule has 0 unspecified atom stereocenters. The molecule has 1 N–H and O–H groups in total. The van der Waals surface area contributed by atoms with Crippen LogP contribution in [0.15, 0.2) is 60.7 Å². The molecule has 1 aliphatic heterocycles. The van der Waals surface area contributed by atoms with Crippen LogP contribution in [0.2, 0.25) is 0 Å². The maximum Gasteiger partial charge on any atom is 0.311 e. The molecular formula is C19H20N2O2. The third-order valence-corrected chi connectivity index (χ3v) is 4.13. The van der Waals surface area contributed by atoms with E-state index in [2.05, 4.69) is 5.32 Å². The third kappa shape index (κ3) is 3.59. The van der Waals surface area contributed by atoms with Crippen molar-refractivity contribution in [3.63, 3.8) is 0 Å². The largest absolute Gasteiger partial charge is 0.337 e. The van der Waals surface area contributed by atoms with Crippen molar-refractivity contribution >= 4 is 11.8 Å². The lowest BCUT2D eigenvalue weighted by Gasteiger charge is -2.21. The Morgan fingerprint density at radius 2 is 1.30 bits per heavy atom. The number of nitrogens with zero attached hydrogens (tertiary/aromatic N) is 1. The van der Waals surface area contributed by atoms with Gasteiger partial charge in [0.2, 0.25) is 0 Å². The van der Waals surface area contributed by atoms with Gasteiger partial charge in [0.05, 0.1) is 6.04 Å². The molecule has 0 radical (unpaired) electrons. The van der Waals surface area contributed by atoms with Gasteiger partial charge in [0.25, 0.3) is 0 Å². The lowest BCUT2D eigenvalue weighted by Crippen LogP contribution is -2.43.